The van der Waals surface area contributed by atoms with Crippen LogP contribution < -0.4 is 9.64 Å². The summed E-state index contributed by atoms with van der Waals surface area (Å²) in [5.74, 6) is 1.59. The lowest BCUT2D eigenvalue weighted by molar-refractivity contribution is -0.124. The minimum Gasteiger partial charge on any atom is -0.508 e. The number of alkyl halides is 1. The second-order valence-electron chi connectivity index (χ2n) is 13.2. The first-order valence-electron chi connectivity index (χ1n) is 15.6. The number of rotatable bonds is 5. The molecule has 2 atom stereocenters. The number of aromatic nitrogens is 2. The van der Waals surface area contributed by atoms with E-state index in [0.29, 0.717) is 34.9 Å². The van der Waals surface area contributed by atoms with Crippen molar-refractivity contribution in [2.45, 2.75) is 43.8 Å². The molecule has 4 aromatic rings. The van der Waals surface area contributed by atoms with Gasteiger partial charge in [0.05, 0.1) is 24.3 Å². The highest BCUT2D eigenvalue weighted by Gasteiger charge is 2.49. The molecule has 3 aromatic carbocycles. The average Bonchev–Trinajstić information content (AvgIpc) is 3.55. The maximum atomic E-state index is 16.8. The van der Waals surface area contributed by atoms with Gasteiger partial charge in [0.25, 0.3) is 0 Å². The molecule has 0 amide bonds. The summed E-state index contributed by atoms with van der Waals surface area (Å²) in [4.78, 5) is 13.7. The van der Waals surface area contributed by atoms with E-state index in [1.165, 1.54) is 24.3 Å². The number of hydrogen-bond acceptors (Lipinski definition) is 7. The fourth-order valence-corrected chi connectivity index (χ4v) is 7.94. The van der Waals surface area contributed by atoms with E-state index in [2.05, 4.69) is 20.7 Å². The van der Waals surface area contributed by atoms with Gasteiger partial charge in [-0.25, -0.2) is 13.2 Å². The summed E-state index contributed by atoms with van der Waals surface area (Å²) in [6.07, 6.45) is 8.82. The maximum Gasteiger partial charge on any atom is 0.319 e. The minimum absolute atomic E-state index is 0.0141. The number of benzene rings is 3. The van der Waals surface area contributed by atoms with Crippen LogP contribution in [0.1, 0.15) is 37.7 Å². The predicted molar refractivity (Wildman–Crippen MR) is 165 cm³/mol. The van der Waals surface area contributed by atoms with Crippen molar-refractivity contribution < 1.29 is 27.8 Å². The Morgan fingerprint density at radius 3 is 2.62 bits per heavy atom. The van der Waals surface area contributed by atoms with Crippen LogP contribution in [0.25, 0.3) is 32.8 Å². The van der Waals surface area contributed by atoms with Gasteiger partial charge in [0.15, 0.2) is 5.82 Å². The molecular weight excluding hydrogens is 581 g/mol. The van der Waals surface area contributed by atoms with Gasteiger partial charge in [-0.3, -0.25) is 4.90 Å². The van der Waals surface area contributed by atoms with Crippen molar-refractivity contribution in [2.24, 2.45) is 5.41 Å². The quantitative estimate of drug-likeness (QED) is 0.277. The number of terminal acetylenes is 1. The highest BCUT2D eigenvalue weighted by atomic mass is 19.1. The largest absolute Gasteiger partial charge is 0.508 e. The van der Waals surface area contributed by atoms with E-state index < -0.39 is 23.3 Å². The monoisotopic (exact) mass is 614 g/mol. The molecule has 1 aromatic heterocycles. The number of ether oxygens (including phenoxy) is 2. The van der Waals surface area contributed by atoms with Crippen molar-refractivity contribution in [1.29, 1.82) is 0 Å². The number of hydrogen-bond donors (Lipinski definition) is 1. The lowest BCUT2D eigenvalue weighted by Crippen LogP contribution is -2.51. The van der Waals surface area contributed by atoms with Crippen LogP contribution in [0.4, 0.5) is 19.0 Å². The Labute approximate surface area is 259 Å². The molecule has 4 aliphatic heterocycles. The minimum atomic E-state index is -0.909. The molecule has 10 heteroatoms. The van der Waals surface area contributed by atoms with Crippen molar-refractivity contribution in [1.82, 2.24) is 14.9 Å². The zero-order valence-electron chi connectivity index (χ0n) is 24.8. The molecule has 0 radical (unpaired) electrons. The number of nitrogens with zero attached hydrogens (tertiary/aromatic N) is 4. The molecule has 4 aliphatic rings. The summed E-state index contributed by atoms with van der Waals surface area (Å²) in [5, 5.41) is 11.9. The van der Waals surface area contributed by atoms with Crippen molar-refractivity contribution in [3.05, 3.63) is 53.6 Å². The van der Waals surface area contributed by atoms with Gasteiger partial charge in [-0.05, 0) is 67.4 Å². The Bertz CT molecular complexity index is 1880. The zero-order valence-corrected chi connectivity index (χ0v) is 24.8. The molecule has 0 saturated carbocycles. The fourth-order valence-electron chi connectivity index (χ4n) is 7.94. The summed E-state index contributed by atoms with van der Waals surface area (Å²) in [5.41, 5.74) is 0.168. The zero-order chi connectivity index (χ0) is 30.9. The fraction of sp³-hybridized carbons (Fsp3) is 0.429. The Kier molecular flexibility index (Phi) is 6.63. The third-order valence-corrected chi connectivity index (χ3v) is 10.4. The molecule has 232 valence electrons. The SMILES string of the molecule is C#Cc1c(F)ccc2cc(O)cc(-c3ccc4c(N5CCC6(CC5)COC6)nc(OCC56CCCN5CC(F)C6)nc4c3F)c12. The van der Waals surface area contributed by atoms with Crippen LogP contribution in [0.5, 0.6) is 11.8 Å². The molecule has 4 fully saturated rings. The van der Waals surface area contributed by atoms with E-state index in [4.69, 9.17) is 20.9 Å². The van der Waals surface area contributed by atoms with Gasteiger partial charge in [0, 0.05) is 47.8 Å². The van der Waals surface area contributed by atoms with Crippen LogP contribution in [-0.2, 0) is 4.74 Å². The first kappa shape index (κ1) is 28.4. The highest BCUT2D eigenvalue weighted by Crippen LogP contribution is 2.44. The van der Waals surface area contributed by atoms with E-state index in [-0.39, 0.29) is 46.0 Å². The number of anilines is 1. The molecular formula is C35H33F3N4O3. The van der Waals surface area contributed by atoms with Crippen LogP contribution in [-0.4, -0.2) is 77.7 Å². The van der Waals surface area contributed by atoms with Gasteiger partial charge in [-0.2, -0.15) is 9.97 Å². The second-order valence-corrected chi connectivity index (χ2v) is 13.2. The average molecular weight is 615 g/mol. The lowest BCUT2D eigenvalue weighted by Gasteiger charge is -2.47. The number of phenols is 1. The van der Waals surface area contributed by atoms with Gasteiger partial charge in [-0.1, -0.05) is 18.1 Å². The van der Waals surface area contributed by atoms with Gasteiger partial charge in [-0.15, -0.1) is 6.42 Å². The number of fused-ring (bicyclic) bond motifs is 3. The van der Waals surface area contributed by atoms with Crippen LogP contribution >= 0.6 is 0 Å². The molecule has 1 spiro atoms. The number of halogens is 3. The number of phenolic OH excluding ortho intramolecular Hbond substituents is 1. The molecule has 7 nitrogen and oxygen atoms in total. The third kappa shape index (κ3) is 4.59. The molecule has 0 aliphatic carbocycles. The van der Waals surface area contributed by atoms with Gasteiger partial charge in [0.1, 0.15) is 35.7 Å². The second kappa shape index (κ2) is 10.5. The molecule has 45 heavy (non-hydrogen) atoms. The lowest BCUT2D eigenvalue weighted by atomic mass is 9.77. The third-order valence-electron chi connectivity index (χ3n) is 10.4. The normalized spacial score (nSPS) is 24.2. The molecule has 8 rings (SSSR count). The van der Waals surface area contributed by atoms with Crippen molar-refractivity contribution in [2.75, 3.05) is 50.9 Å². The smallest absolute Gasteiger partial charge is 0.319 e. The summed E-state index contributed by atoms with van der Waals surface area (Å²) >= 11 is 0. The summed E-state index contributed by atoms with van der Waals surface area (Å²) in [7, 11) is 0. The first-order valence-corrected chi connectivity index (χ1v) is 15.6. The Morgan fingerprint density at radius 2 is 1.87 bits per heavy atom. The van der Waals surface area contributed by atoms with E-state index in [1.54, 1.807) is 12.1 Å². The van der Waals surface area contributed by atoms with E-state index in [9.17, 15) is 13.9 Å². The van der Waals surface area contributed by atoms with Gasteiger partial charge < -0.3 is 19.5 Å². The van der Waals surface area contributed by atoms with E-state index in [0.717, 1.165) is 58.5 Å². The van der Waals surface area contributed by atoms with E-state index in [1.807, 2.05) is 0 Å². The summed E-state index contributed by atoms with van der Waals surface area (Å²) in [6, 6.07) is 8.99. The Hall–Kier alpha value is -4.07. The molecule has 1 N–H and O–H groups in total. The molecule has 4 saturated heterocycles. The summed E-state index contributed by atoms with van der Waals surface area (Å²) in [6.45, 7) is 4.38. The topological polar surface area (TPSA) is 71.0 Å². The predicted octanol–water partition coefficient (Wildman–Crippen LogP) is 5.99. The number of piperidine rings is 1. The summed E-state index contributed by atoms with van der Waals surface area (Å²) < 4.78 is 57.8. The molecule has 2 unspecified atom stereocenters. The Balaban J connectivity index is 1.25. The molecule has 0 bridgehead atoms. The van der Waals surface area contributed by atoms with E-state index >= 15 is 4.39 Å². The van der Waals surface area contributed by atoms with Crippen LogP contribution in [0.3, 0.4) is 0 Å². The van der Waals surface area contributed by atoms with Gasteiger partial charge in [0.2, 0.25) is 0 Å². The van der Waals surface area contributed by atoms with Crippen LogP contribution in [0.2, 0.25) is 0 Å². The Morgan fingerprint density at radius 1 is 1.04 bits per heavy atom. The first-order chi connectivity index (χ1) is 21.8. The maximum absolute atomic E-state index is 16.8. The van der Waals surface area contributed by atoms with Crippen LogP contribution in [0, 0.1) is 29.4 Å². The van der Waals surface area contributed by atoms with Crippen LogP contribution in [0.15, 0.2) is 36.4 Å². The molecule has 5 heterocycles. The van der Waals surface area contributed by atoms with Crippen molar-refractivity contribution in [3.8, 4) is 35.2 Å². The van der Waals surface area contributed by atoms with Gasteiger partial charge >= 0.3 is 6.01 Å². The van der Waals surface area contributed by atoms with Crippen molar-refractivity contribution >= 4 is 27.5 Å². The highest BCUT2D eigenvalue weighted by molar-refractivity contribution is 6.04. The van der Waals surface area contributed by atoms with Crippen molar-refractivity contribution in [3.63, 3.8) is 0 Å². The number of aromatic hydroxyl groups is 1. The standard InChI is InChI=1S/C35H33F3N4O3/c1-2-24-28(37)7-4-21-14-23(43)15-27(29(21)24)25-5-6-26-31(30(25)38)39-33(45-20-35-8-3-11-42(35)17-22(36)16-35)40-32(26)41-12-9-34(10-13-41)18-44-19-34/h1,4-7,14-15,22,43H,3,8-13,16-20H2.